The molecule has 0 fully saturated rings. The lowest BCUT2D eigenvalue weighted by molar-refractivity contribution is 0.0521. The smallest absolute Gasteiger partial charge is 0.348 e. The molecule has 0 saturated heterocycles. The van der Waals surface area contributed by atoms with Gasteiger partial charge in [0.05, 0.1) is 23.0 Å². The largest absolute Gasteiger partial charge is 0.462 e. The monoisotopic (exact) mass is 392 g/mol. The Kier molecular flexibility index (Phi) is 4.81. The van der Waals surface area contributed by atoms with Crippen molar-refractivity contribution in [1.82, 2.24) is 0 Å². The molecule has 1 aliphatic carbocycles. The summed E-state index contributed by atoms with van der Waals surface area (Å²) in [6.07, 6.45) is 0. The zero-order valence-electron chi connectivity index (χ0n) is 14.7. The molecule has 136 valence electrons. The van der Waals surface area contributed by atoms with Gasteiger partial charge in [0.2, 0.25) is 5.78 Å². The van der Waals surface area contributed by atoms with Crippen LogP contribution in [0.5, 0.6) is 0 Å². The lowest BCUT2D eigenvalue weighted by atomic mass is 9.89. The summed E-state index contributed by atoms with van der Waals surface area (Å²) in [4.78, 5) is 51.1. The quantitative estimate of drug-likeness (QED) is 0.631. The first-order valence-electron chi connectivity index (χ1n) is 8.03. The van der Waals surface area contributed by atoms with Crippen LogP contribution in [0.3, 0.4) is 0 Å². The normalized spacial score (nSPS) is 12.6. The molecule has 0 saturated carbocycles. The molecule has 3 rings (SSSR count). The van der Waals surface area contributed by atoms with Gasteiger partial charge in [0.15, 0.2) is 5.78 Å². The molecular formula is C18H16O6S2. The van der Waals surface area contributed by atoms with Crippen molar-refractivity contribution in [3.05, 3.63) is 41.8 Å². The van der Waals surface area contributed by atoms with Gasteiger partial charge < -0.3 is 9.47 Å². The highest BCUT2D eigenvalue weighted by Gasteiger charge is 2.40. The molecule has 0 atom stereocenters. The van der Waals surface area contributed by atoms with Gasteiger partial charge in [0, 0.05) is 11.1 Å². The van der Waals surface area contributed by atoms with E-state index in [1.165, 1.54) is 0 Å². The van der Waals surface area contributed by atoms with Gasteiger partial charge in [-0.1, -0.05) is 0 Å². The number of carbonyl (C=O) groups is 4. The summed E-state index contributed by atoms with van der Waals surface area (Å²) < 4.78 is 10.0. The number of thiophene rings is 2. The second-order valence-electron chi connectivity index (χ2n) is 5.62. The van der Waals surface area contributed by atoms with Gasteiger partial charge in [0.1, 0.15) is 9.75 Å². The first kappa shape index (κ1) is 18.5. The highest BCUT2D eigenvalue weighted by atomic mass is 32.1. The van der Waals surface area contributed by atoms with E-state index < -0.39 is 11.9 Å². The van der Waals surface area contributed by atoms with Gasteiger partial charge in [-0.2, -0.15) is 0 Å². The molecule has 0 N–H and O–H groups in total. The highest BCUT2D eigenvalue weighted by Crippen LogP contribution is 2.42. The Bertz CT molecular complexity index is 889. The van der Waals surface area contributed by atoms with Crippen LogP contribution in [0.4, 0.5) is 0 Å². The minimum absolute atomic E-state index is 0.206. The van der Waals surface area contributed by atoms with E-state index in [9.17, 15) is 19.2 Å². The molecule has 0 amide bonds. The van der Waals surface area contributed by atoms with E-state index in [2.05, 4.69) is 0 Å². The highest BCUT2D eigenvalue weighted by molar-refractivity contribution is 7.20. The first-order chi connectivity index (χ1) is 12.3. The maximum atomic E-state index is 13.0. The van der Waals surface area contributed by atoms with Gasteiger partial charge in [0.25, 0.3) is 0 Å². The molecule has 2 aromatic rings. The van der Waals surface area contributed by atoms with Crippen molar-refractivity contribution in [3.63, 3.8) is 0 Å². The van der Waals surface area contributed by atoms with E-state index in [1.807, 2.05) is 0 Å². The van der Waals surface area contributed by atoms with E-state index >= 15 is 0 Å². The molecule has 0 unspecified atom stereocenters. The predicted octanol–water partition coefficient (Wildman–Crippen LogP) is 3.56. The van der Waals surface area contributed by atoms with Crippen molar-refractivity contribution >= 4 is 46.2 Å². The number of rotatable bonds is 4. The Hall–Kier alpha value is -2.32. The molecule has 26 heavy (non-hydrogen) atoms. The third-order valence-corrected chi connectivity index (χ3v) is 6.62. The second-order valence-corrected chi connectivity index (χ2v) is 7.66. The third kappa shape index (κ3) is 2.60. The minimum atomic E-state index is -0.544. The Morgan fingerprint density at radius 2 is 1.15 bits per heavy atom. The molecule has 2 heterocycles. The second kappa shape index (κ2) is 6.77. The molecule has 0 bridgehead atoms. The fourth-order valence-corrected chi connectivity index (χ4v) is 5.26. The van der Waals surface area contributed by atoms with Crippen molar-refractivity contribution < 1.29 is 28.7 Å². The van der Waals surface area contributed by atoms with E-state index in [0.29, 0.717) is 11.1 Å². The molecular weight excluding hydrogens is 376 g/mol. The zero-order valence-corrected chi connectivity index (χ0v) is 16.3. The van der Waals surface area contributed by atoms with Crippen molar-refractivity contribution in [2.75, 3.05) is 13.2 Å². The Morgan fingerprint density at radius 3 is 1.50 bits per heavy atom. The van der Waals surface area contributed by atoms with Crippen LogP contribution < -0.4 is 0 Å². The third-order valence-electron chi connectivity index (χ3n) is 4.08. The maximum Gasteiger partial charge on any atom is 0.348 e. The summed E-state index contributed by atoms with van der Waals surface area (Å²) in [5, 5.41) is 0. The van der Waals surface area contributed by atoms with E-state index in [-0.39, 0.29) is 55.4 Å². The fourth-order valence-electron chi connectivity index (χ4n) is 2.90. The van der Waals surface area contributed by atoms with Crippen LogP contribution in [0.1, 0.15) is 74.8 Å². The fraction of sp³-hybridized carbons (Fsp3) is 0.333. The van der Waals surface area contributed by atoms with Crippen LogP contribution in [0.2, 0.25) is 0 Å². The van der Waals surface area contributed by atoms with Gasteiger partial charge in [-0.3, -0.25) is 9.59 Å². The summed E-state index contributed by atoms with van der Waals surface area (Å²) in [5.41, 5.74) is 1.34. The summed E-state index contributed by atoms with van der Waals surface area (Å²) in [6.45, 7) is 7.05. The maximum absolute atomic E-state index is 13.0. The molecule has 0 aliphatic heterocycles. The van der Waals surface area contributed by atoms with Crippen LogP contribution in [0, 0.1) is 13.8 Å². The van der Waals surface area contributed by atoms with Gasteiger partial charge in [-0.25, -0.2) is 9.59 Å². The predicted molar refractivity (Wildman–Crippen MR) is 96.9 cm³/mol. The Balaban J connectivity index is 2.15. The number of ketones is 2. The van der Waals surface area contributed by atoms with Crippen molar-refractivity contribution in [1.29, 1.82) is 0 Å². The van der Waals surface area contributed by atoms with Gasteiger partial charge in [-0.15, -0.1) is 22.7 Å². The zero-order chi connectivity index (χ0) is 19.2. The molecule has 8 heteroatoms. The van der Waals surface area contributed by atoms with Crippen LogP contribution in [0.25, 0.3) is 0 Å². The average Bonchev–Trinajstić information content (AvgIpc) is 3.12. The summed E-state index contributed by atoms with van der Waals surface area (Å²) in [7, 11) is 0. The van der Waals surface area contributed by atoms with E-state index in [1.54, 1.807) is 27.7 Å². The molecule has 0 aromatic carbocycles. The average molecular weight is 392 g/mol. The molecule has 0 radical (unpaired) electrons. The molecule has 0 spiro atoms. The van der Waals surface area contributed by atoms with E-state index in [0.717, 1.165) is 22.7 Å². The van der Waals surface area contributed by atoms with E-state index in [4.69, 9.17) is 9.47 Å². The van der Waals surface area contributed by atoms with Crippen molar-refractivity contribution in [3.8, 4) is 0 Å². The lowest BCUT2D eigenvalue weighted by Crippen LogP contribution is -2.18. The number of ether oxygens (including phenoxy) is 2. The van der Waals surface area contributed by atoms with Crippen molar-refractivity contribution in [2.24, 2.45) is 0 Å². The van der Waals surface area contributed by atoms with Gasteiger partial charge >= 0.3 is 11.9 Å². The SMILES string of the molecule is CCOC(=O)c1sc2c(c1C)C(=O)c1c(sc(C(=O)OCC)c1C)C2=O. The Labute approximate surface area is 157 Å². The molecule has 1 aliphatic rings. The number of hydrogen-bond donors (Lipinski definition) is 0. The molecule has 6 nitrogen and oxygen atoms in total. The number of carbonyl (C=O) groups excluding carboxylic acids is 4. The first-order valence-corrected chi connectivity index (χ1v) is 9.67. The summed E-state index contributed by atoms with van der Waals surface area (Å²) in [5.74, 6) is -1.78. The van der Waals surface area contributed by atoms with Crippen LogP contribution in [-0.2, 0) is 9.47 Å². The number of esters is 2. The van der Waals surface area contributed by atoms with Crippen LogP contribution >= 0.6 is 22.7 Å². The number of hydrogen-bond acceptors (Lipinski definition) is 8. The molecule has 2 aromatic heterocycles. The minimum Gasteiger partial charge on any atom is -0.462 e. The van der Waals surface area contributed by atoms with Crippen LogP contribution in [0.15, 0.2) is 0 Å². The van der Waals surface area contributed by atoms with Crippen molar-refractivity contribution in [2.45, 2.75) is 27.7 Å². The summed E-state index contributed by atoms with van der Waals surface area (Å²) >= 11 is 1.93. The lowest BCUT2D eigenvalue weighted by Gasteiger charge is -2.11. The standard InChI is InChI=1S/C18H16O6S2/c1-5-23-17(21)13-7(3)9-11(19)10-8(4)14(18(22)24-6-2)26-16(10)12(20)15(9)25-13/h5-6H2,1-4H3. The topological polar surface area (TPSA) is 86.7 Å². The van der Waals surface area contributed by atoms with Gasteiger partial charge in [-0.05, 0) is 38.8 Å². The Morgan fingerprint density at radius 1 is 0.769 bits per heavy atom. The van der Waals surface area contributed by atoms with Crippen LogP contribution in [-0.4, -0.2) is 36.7 Å². The summed E-state index contributed by atoms with van der Waals surface area (Å²) in [6, 6.07) is 0. The number of fused-ring (bicyclic) bond motifs is 2.